The third kappa shape index (κ3) is 7.46. The first-order valence-corrected chi connectivity index (χ1v) is 15.1. The van der Waals surface area contributed by atoms with Gasteiger partial charge in [0.2, 0.25) is 27.8 Å². The van der Waals surface area contributed by atoms with Crippen LogP contribution in [0.1, 0.15) is 25.3 Å². The predicted octanol–water partition coefficient (Wildman–Crippen LogP) is 5.23. The molecule has 0 saturated carbocycles. The van der Waals surface area contributed by atoms with Crippen molar-refractivity contribution in [1.29, 1.82) is 0 Å². The van der Waals surface area contributed by atoms with E-state index in [0.29, 0.717) is 48.6 Å². The molecule has 1 aliphatic rings. The van der Waals surface area contributed by atoms with Gasteiger partial charge in [-0.25, -0.2) is 45.9 Å². The molecule has 0 bridgehead atoms. The summed E-state index contributed by atoms with van der Waals surface area (Å²) >= 11 is 0. The van der Waals surface area contributed by atoms with Gasteiger partial charge in [-0.2, -0.15) is 0 Å². The Balaban J connectivity index is 1.47. The second-order valence-electron chi connectivity index (χ2n) is 10.4. The number of rotatable bonds is 10. The molecule has 0 amide bonds. The minimum absolute atomic E-state index is 0.107. The summed E-state index contributed by atoms with van der Waals surface area (Å²) in [7, 11) is -4.30. The van der Waals surface area contributed by atoms with Crippen LogP contribution in [0.2, 0.25) is 0 Å². The number of benzene rings is 2. The van der Waals surface area contributed by atoms with Crippen LogP contribution < -0.4 is 20.1 Å². The number of nitrogens with zero attached hydrogens (tertiary/aromatic N) is 4. The van der Waals surface area contributed by atoms with Crippen LogP contribution in [-0.4, -0.2) is 65.3 Å². The summed E-state index contributed by atoms with van der Waals surface area (Å²) in [5.41, 5.74) is 1.06. The Labute approximate surface area is 245 Å². The van der Waals surface area contributed by atoms with E-state index in [1.54, 1.807) is 19.1 Å². The molecular formula is C28H29F4N7O3S. The molecule has 1 saturated heterocycles. The van der Waals surface area contributed by atoms with E-state index in [2.05, 4.69) is 35.3 Å². The summed E-state index contributed by atoms with van der Waals surface area (Å²) in [5.74, 6) is -4.34. The Kier molecular flexibility index (Phi) is 8.64. The highest BCUT2D eigenvalue weighted by Crippen LogP contribution is 2.39. The highest BCUT2D eigenvalue weighted by atomic mass is 32.2. The van der Waals surface area contributed by atoms with Gasteiger partial charge in [0, 0.05) is 55.1 Å². The fourth-order valence-corrected chi connectivity index (χ4v) is 5.90. The largest absolute Gasteiger partial charge is 0.437 e. The highest BCUT2D eigenvalue weighted by molar-refractivity contribution is 7.92. The van der Waals surface area contributed by atoms with Gasteiger partial charge in [0.05, 0.1) is 22.7 Å². The van der Waals surface area contributed by atoms with Crippen molar-refractivity contribution in [3.8, 4) is 22.9 Å². The number of fused-ring (bicyclic) bond motifs is 1. The Morgan fingerprint density at radius 2 is 1.91 bits per heavy atom. The fraction of sp³-hybridized carbons (Fsp3) is 0.357. The van der Waals surface area contributed by atoms with Crippen molar-refractivity contribution in [3.05, 3.63) is 60.4 Å². The summed E-state index contributed by atoms with van der Waals surface area (Å²) in [6.45, 7) is 3.21. The molecule has 10 nitrogen and oxygen atoms in total. The van der Waals surface area contributed by atoms with Crippen molar-refractivity contribution >= 4 is 32.4 Å². The van der Waals surface area contributed by atoms with E-state index in [1.807, 2.05) is 0 Å². The van der Waals surface area contributed by atoms with E-state index in [1.165, 1.54) is 30.9 Å². The molecular weight excluding hydrogens is 590 g/mol. The maximum Gasteiger partial charge on any atom is 0.246 e. The number of sulfonamides is 1. The predicted molar refractivity (Wildman–Crippen MR) is 154 cm³/mol. The van der Waals surface area contributed by atoms with Crippen LogP contribution in [0.4, 0.5) is 29.2 Å². The van der Waals surface area contributed by atoms with Crippen LogP contribution in [0.3, 0.4) is 0 Å². The third-order valence-electron chi connectivity index (χ3n) is 6.80. The maximum atomic E-state index is 14.9. The maximum absolute atomic E-state index is 14.9. The number of anilines is 2. The van der Waals surface area contributed by atoms with Gasteiger partial charge in [-0.05, 0) is 37.6 Å². The molecule has 43 heavy (non-hydrogen) atoms. The first-order valence-electron chi connectivity index (χ1n) is 13.4. The minimum atomic E-state index is -4.30. The van der Waals surface area contributed by atoms with Gasteiger partial charge < -0.3 is 15.4 Å². The number of hydrogen-bond donors (Lipinski definition) is 3. The second kappa shape index (κ2) is 12.2. The van der Waals surface area contributed by atoms with E-state index in [9.17, 15) is 26.0 Å². The molecule has 3 N–H and O–H groups in total. The molecule has 0 aliphatic carbocycles. The molecule has 2 atom stereocenters. The molecule has 2 aromatic heterocycles. The molecule has 15 heteroatoms. The molecule has 1 aliphatic heterocycles. The van der Waals surface area contributed by atoms with Crippen molar-refractivity contribution in [2.24, 2.45) is 0 Å². The monoisotopic (exact) mass is 619 g/mol. The average molecular weight is 620 g/mol. The average Bonchev–Trinajstić information content (AvgIpc) is 2.95. The normalized spacial score (nSPS) is 17.5. The van der Waals surface area contributed by atoms with Crippen LogP contribution in [0.25, 0.3) is 22.0 Å². The Morgan fingerprint density at radius 3 is 2.67 bits per heavy atom. The fourth-order valence-electron chi connectivity index (χ4n) is 4.65. The van der Waals surface area contributed by atoms with Gasteiger partial charge in [0.1, 0.15) is 24.1 Å². The van der Waals surface area contributed by atoms with Crippen LogP contribution in [0.15, 0.2) is 49.1 Å². The van der Waals surface area contributed by atoms with Crippen molar-refractivity contribution < 1.29 is 30.7 Å². The molecule has 1 fully saturated rings. The summed E-state index contributed by atoms with van der Waals surface area (Å²) in [6, 6.07) is 7.04. The summed E-state index contributed by atoms with van der Waals surface area (Å²) < 4.78 is 88.8. The quantitative estimate of drug-likeness (QED) is 0.204. The Morgan fingerprint density at radius 1 is 1.12 bits per heavy atom. The molecule has 2 aromatic carbocycles. The van der Waals surface area contributed by atoms with Gasteiger partial charge >= 0.3 is 0 Å². The Hall–Kier alpha value is -4.11. The molecule has 3 heterocycles. The Bertz CT molecular complexity index is 1740. The second-order valence-corrected chi connectivity index (χ2v) is 12.3. The lowest BCUT2D eigenvalue weighted by Gasteiger charge is -2.26. The van der Waals surface area contributed by atoms with Crippen molar-refractivity contribution in [2.75, 3.05) is 28.9 Å². The molecule has 0 spiro atoms. The van der Waals surface area contributed by atoms with E-state index in [-0.39, 0.29) is 34.7 Å². The summed E-state index contributed by atoms with van der Waals surface area (Å²) in [5, 5.41) is 6.65. The number of nitrogens with one attached hydrogen (secondary N) is 3. The lowest BCUT2D eigenvalue weighted by atomic mass is 10.0. The first kappa shape index (κ1) is 30.4. The van der Waals surface area contributed by atoms with Crippen molar-refractivity contribution in [1.82, 2.24) is 25.3 Å². The smallest absolute Gasteiger partial charge is 0.246 e. The van der Waals surface area contributed by atoms with E-state index < -0.39 is 40.1 Å². The zero-order valence-electron chi connectivity index (χ0n) is 23.2. The van der Waals surface area contributed by atoms with Crippen LogP contribution in [0, 0.1) is 12.7 Å². The third-order valence-corrected chi connectivity index (χ3v) is 8.06. The molecule has 0 unspecified atom stereocenters. The van der Waals surface area contributed by atoms with Gasteiger partial charge in [0.25, 0.3) is 0 Å². The standard InChI is InChI=1S/C28H29F4N7O3S/c1-16-3-4-19-20(5-6-22(30)24(19)39-43(40,41)10-8-28(2,31)32)25(16)42-26-21(14-34-15-36-26)23-7-9-35-27(38-23)37-18-11-17(29)12-33-13-18/h3-7,9,14-15,17-18,33,39H,8,10-13H2,1-2H3,(H,35,37,38)/t17-,18-/m0/s1. The zero-order valence-corrected chi connectivity index (χ0v) is 24.1. The van der Waals surface area contributed by atoms with Crippen LogP contribution in [-0.2, 0) is 10.0 Å². The first-order chi connectivity index (χ1) is 20.4. The highest BCUT2D eigenvalue weighted by Gasteiger charge is 2.27. The number of hydrogen-bond acceptors (Lipinski definition) is 9. The summed E-state index contributed by atoms with van der Waals surface area (Å²) in [6.07, 6.45) is 2.71. The van der Waals surface area contributed by atoms with Crippen molar-refractivity contribution in [3.63, 3.8) is 0 Å². The van der Waals surface area contributed by atoms with Crippen LogP contribution in [0.5, 0.6) is 11.6 Å². The molecule has 0 radical (unpaired) electrons. The van der Waals surface area contributed by atoms with Crippen LogP contribution >= 0.6 is 0 Å². The lowest BCUT2D eigenvalue weighted by Crippen LogP contribution is -2.44. The lowest BCUT2D eigenvalue weighted by molar-refractivity contribution is 0.0189. The van der Waals surface area contributed by atoms with Gasteiger partial charge in [0.15, 0.2) is 0 Å². The number of piperidine rings is 1. The topological polar surface area (TPSA) is 131 Å². The number of aromatic nitrogens is 4. The number of halogens is 4. The van der Waals surface area contributed by atoms with Gasteiger partial charge in [-0.15, -0.1) is 0 Å². The van der Waals surface area contributed by atoms with E-state index in [4.69, 9.17) is 4.74 Å². The number of alkyl halides is 3. The van der Waals surface area contributed by atoms with Gasteiger partial charge in [-0.1, -0.05) is 12.1 Å². The summed E-state index contributed by atoms with van der Waals surface area (Å²) in [4.78, 5) is 17.1. The minimum Gasteiger partial charge on any atom is -0.437 e. The van der Waals surface area contributed by atoms with E-state index >= 15 is 0 Å². The van der Waals surface area contributed by atoms with Gasteiger partial charge in [-0.3, -0.25) is 4.72 Å². The molecule has 228 valence electrons. The van der Waals surface area contributed by atoms with E-state index in [0.717, 1.165) is 6.07 Å². The van der Waals surface area contributed by atoms with Crippen molar-refractivity contribution in [2.45, 2.75) is 44.8 Å². The zero-order chi connectivity index (χ0) is 30.8. The molecule has 5 rings (SSSR count). The SMILES string of the molecule is Cc1ccc2c(NS(=O)(=O)CCC(C)(F)F)c(F)ccc2c1Oc1ncncc1-c1ccnc(N[C@@H]2CNC[C@@H](F)C2)n1. The number of ether oxygens (including phenoxy) is 1. The molecule has 4 aromatic rings. The number of aryl methyl sites for hydroxylation is 1.